The van der Waals surface area contributed by atoms with E-state index in [0.29, 0.717) is 11.3 Å². The monoisotopic (exact) mass is 322 g/mol. The topological polar surface area (TPSA) is 54.6 Å². The number of imidazole rings is 1. The van der Waals surface area contributed by atoms with Crippen LogP contribution in [0.3, 0.4) is 0 Å². The SMILES string of the molecule is O=C(O)c1nc(-c2cccs2)n2c(Br)cccc12. The highest BCUT2D eigenvalue weighted by molar-refractivity contribution is 9.10. The molecule has 0 aliphatic heterocycles. The Hall–Kier alpha value is -1.66. The molecular formula is C12H7BrN2O2S. The largest absolute Gasteiger partial charge is 0.476 e. The number of pyridine rings is 1. The lowest BCUT2D eigenvalue weighted by atomic mass is 10.3. The summed E-state index contributed by atoms with van der Waals surface area (Å²) >= 11 is 4.96. The van der Waals surface area contributed by atoms with Crippen LogP contribution in [0.5, 0.6) is 0 Å². The van der Waals surface area contributed by atoms with Gasteiger partial charge in [-0.3, -0.25) is 4.40 Å². The van der Waals surface area contributed by atoms with E-state index in [1.165, 1.54) is 11.3 Å². The quantitative estimate of drug-likeness (QED) is 0.734. The molecule has 0 saturated carbocycles. The fourth-order valence-electron chi connectivity index (χ4n) is 1.82. The van der Waals surface area contributed by atoms with Gasteiger partial charge < -0.3 is 5.11 Å². The van der Waals surface area contributed by atoms with Crippen molar-refractivity contribution < 1.29 is 9.90 Å². The van der Waals surface area contributed by atoms with Crippen LogP contribution in [0.15, 0.2) is 40.3 Å². The summed E-state index contributed by atoms with van der Waals surface area (Å²) in [7, 11) is 0. The van der Waals surface area contributed by atoms with Crippen LogP contribution >= 0.6 is 27.3 Å². The van der Waals surface area contributed by atoms with E-state index in [2.05, 4.69) is 20.9 Å². The molecule has 0 fully saturated rings. The van der Waals surface area contributed by atoms with Crippen molar-refractivity contribution in [3.8, 4) is 10.7 Å². The van der Waals surface area contributed by atoms with Gasteiger partial charge in [0.15, 0.2) is 11.5 Å². The standard InChI is InChI=1S/C12H7BrN2O2S/c13-9-5-1-3-7-10(12(16)17)14-11(15(7)9)8-4-2-6-18-8/h1-6H,(H,16,17). The van der Waals surface area contributed by atoms with Gasteiger partial charge in [-0.15, -0.1) is 11.3 Å². The summed E-state index contributed by atoms with van der Waals surface area (Å²) < 4.78 is 2.58. The minimum Gasteiger partial charge on any atom is -0.476 e. The number of fused-ring (bicyclic) bond motifs is 1. The number of aromatic nitrogens is 2. The van der Waals surface area contributed by atoms with E-state index in [-0.39, 0.29) is 5.69 Å². The van der Waals surface area contributed by atoms with Crippen molar-refractivity contribution in [3.05, 3.63) is 46.0 Å². The summed E-state index contributed by atoms with van der Waals surface area (Å²) in [6, 6.07) is 9.24. The van der Waals surface area contributed by atoms with E-state index < -0.39 is 5.97 Å². The molecule has 0 radical (unpaired) electrons. The average molecular weight is 323 g/mol. The summed E-state index contributed by atoms with van der Waals surface area (Å²) in [4.78, 5) is 16.4. The molecule has 0 bridgehead atoms. The first kappa shape index (κ1) is 11.4. The highest BCUT2D eigenvalue weighted by Crippen LogP contribution is 2.29. The molecule has 3 aromatic heterocycles. The molecule has 0 amide bonds. The molecule has 0 aliphatic rings. The van der Waals surface area contributed by atoms with Gasteiger partial charge in [-0.05, 0) is 39.5 Å². The Kier molecular flexibility index (Phi) is 2.68. The van der Waals surface area contributed by atoms with E-state index in [1.807, 2.05) is 23.6 Å². The fraction of sp³-hybridized carbons (Fsp3) is 0. The van der Waals surface area contributed by atoms with Gasteiger partial charge in [0.1, 0.15) is 0 Å². The predicted molar refractivity (Wildman–Crippen MR) is 73.2 cm³/mol. The maximum absolute atomic E-state index is 11.2. The number of aromatic carboxylic acids is 1. The number of halogens is 1. The molecule has 6 heteroatoms. The van der Waals surface area contributed by atoms with Crippen molar-refractivity contribution in [3.63, 3.8) is 0 Å². The van der Waals surface area contributed by atoms with Crippen LogP contribution in [0.2, 0.25) is 0 Å². The van der Waals surface area contributed by atoms with Gasteiger partial charge in [0, 0.05) is 0 Å². The fourth-order valence-corrected chi connectivity index (χ4v) is 3.04. The molecule has 1 N–H and O–H groups in total. The van der Waals surface area contributed by atoms with Crippen LogP contribution in [0.4, 0.5) is 0 Å². The van der Waals surface area contributed by atoms with Gasteiger partial charge in [-0.1, -0.05) is 12.1 Å². The van der Waals surface area contributed by atoms with E-state index in [0.717, 1.165) is 9.48 Å². The van der Waals surface area contributed by atoms with E-state index in [4.69, 9.17) is 0 Å². The predicted octanol–water partition coefficient (Wildman–Crippen LogP) is 3.52. The third kappa shape index (κ3) is 1.65. The molecule has 0 aliphatic carbocycles. The molecule has 0 spiro atoms. The molecule has 90 valence electrons. The molecule has 18 heavy (non-hydrogen) atoms. The summed E-state index contributed by atoms with van der Waals surface area (Å²) in [6.07, 6.45) is 0. The van der Waals surface area contributed by atoms with Crippen LogP contribution in [0, 0.1) is 0 Å². The Morgan fingerprint density at radius 2 is 2.17 bits per heavy atom. The molecule has 3 heterocycles. The first-order chi connectivity index (χ1) is 8.68. The van der Waals surface area contributed by atoms with Crippen molar-refractivity contribution in [2.75, 3.05) is 0 Å². The average Bonchev–Trinajstić information content (AvgIpc) is 2.95. The normalized spacial score (nSPS) is 10.9. The summed E-state index contributed by atoms with van der Waals surface area (Å²) in [6.45, 7) is 0. The lowest BCUT2D eigenvalue weighted by Crippen LogP contribution is -1.97. The van der Waals surface area contributed by atoms with Gasteiger partial charge >= 0.3 is 5.97 Å². The van der Waals surface area contributed by atoms with Crippen molar-refractivity contribution in [1.29, 1.82) is 0 Å². The first-order valence-corrected chi connectivity index (χ1v) is 6.80. The van der Waals surface area contributed by atoms with E-state index in [1.54, 1.807) is 16.5 Å². The number of hydrogen-bond donors (Lipinski definition) is 1. The number of rotatable bonds is 2. The Labute approximate surface area is 115 Å². The van der Waals surface area contributed by atoms with Crippen molar-refractivity contribution in [2.24, 2.45) is 0 Å². The summed E-state index contributed by atoms with van der Waals surface area (Å²) in [5, 5.41) is 11.1. The Morgan fingerprint density at radius 3 is 2.83 bits per heavy atom. The van der Waals surface area contributed by atoms with E-state index >= 15 is 0 Å². The van der Waals surface area contributed by atoms with Crippen molar-refractivity contribution in [2.45, 2.75) is 0 Å². The molecule has 4 nitrogen and oxygen atoms in total. The molecule has 3 aromatic rings. The molecular weight excluding hydrogens is 316 g/mol. The van der Waals surface area contributed by atoms with Crippen LogP contribution in [-0.2, 0) is 0 Å². The zero-order valence-corrected chi connectivity index (χ0v) is 11.4. The van der Waals surface area contributed by atoms with Crippen LogP contribution in [0.25, 0.3) is 16.2 Å². The molecule has 0 unspecified atom stereocenters. The Bertz CT molecular complexity index is 734. The Balaban J connectivity index is 2.42. The molecule has 3 rings (SSSR count). The lowest BCUT2D eigenvalue weighted by Gasteiger charge is -2.01. The third-order valence-corrected chi connectivity index (χ3v) is 4.04. The number of carbonyl (C=O) groups is 1. The lowest BCUT2D eigenvalue weighted by molar-refractivity contribution is 0.0693. The maximum atomic E-state index is 11.2. The van der Waals surface area contributed by atoms with Crippen LogP contribution in [0.1, 0.15) is 10.5 Å². The van der Waals surface area contributed by atoms with Crippen molar-refractivity contribution in [1.82, 2.24) is 9.38 Å². The van der Waals surface area contributed by atoms with Gasteiger partial charge in [-0.2, -0.15) is 0 Å². The molecule has 0 saturated heterocycles. The number of thiophene rings is 1. The van der Waals surface area contributed by atoms with Gasteiger partial charge in [0.25, 0.3) is 0 Å². The van der Waals surface area contributed by atoms with Crippen LogP contribution < -0.4 is 0 Å². The molecule has 0 atom stereocenters. The Morgan fingerprint density at radius 1 is 1.33 bits per heavy atom. The number of carboxylic acids is 1. The summed E-state index contributed by atoms with van der Waals surface area (Å²) in [5.41, 5.74) is 0.653. The second-order valence-electron chi connectivity index (χ2n) is 3.64. The zero-order chi connectivity index (χ0) is 12.7. The van der Waals surface area contributed by atoms with Gasteiger partial charge in [0.2, 0.25) is 0 Å². The van der Waals surface area contributed by atoms with Gasteiger partial charge in [0.05, 0.1) is 15.0 Å². The molecule has 0 aromatic carbocycles. The second kappa shape index (κ2) is 4.22. The third-order valence-electron chi connectivity index (χ3n) is 2.56. The second-order valence-corrected chi connectivity index (χ2v) is 5.40. The summed E-state index contributed by atoms with van der Waals surface area (Å²) in [5.74, 6) is -0.377. The minimum absolute atomic E-state index is 0.0692. The van der Waals surface area contributed by atoms with Crippen LogP contribution in [-0.4, -0.2) is 20.5 Å². The highest BCUT2D eigenvalue weighted by Gasteiger charge is 2.19. The van der Waals surface area contributed by atoms with E-state index in [9.17, 15) is 9.90 Å². The maximum Gasteiger partial charge on any atom is 0.356 e. The number of hydrogen-bond acceptors (Lipinski definition) is 3. The number of nitrogens with zero attached hydrogens (tertiary/aromatic N) is 2. The number of carboxylic acid groups (broad SMARTS) is 1. The zero-order valence-electron chi connectivity index (χ0n) is 9.00. The minimum atomic E-state index is -1.02. The first-order valence-electron chi connectivity index (χ1n) is 5.12. The highest BCUT2D eigenvalue weighted by atomic mass is 79.9. The smallest absolute Gasteiger partial charge is 0.356 e. The van der Waals surface area contributed by atoms with Crippen molar-refractivity contribution >= 4 is 38.8 Å². The van der Waals surface area contributed by atoms with Gasteiger partial charge in [-0.25, -0.2) is 9.78 Å².